The van der Waals surface area contributed by atoms with E-state index in [4.69, 9.17) is 10.5 Å². The van der Waals surface area contributed by atoms with Crippen molar-refractivity contribution in [2.24, 2.45) is 5.73 Å². The van der Waals surface area contributed by atoms with Gasteiger partial charge in [0.05, 0.1) is 0 Å². The molecular formula is C21H23F3N2O4. The maximum absolute atomic E-state index is 12.2. The molecule has 1 atom stereocenters. The van der Waals surface area contributed by atoms with Crippen molar-refractivity contribution in [2.75, 3.05) is 0 Å². The van der Waals surface area contributed by atoms with Crippen LogP contribution in [0, 0.1) is 0 Å². The standard InChI is InChI=1S/C21H23F3N2O4/c1-2-3-4-18(29-20(25)28)19(27)26-13-14-5-7-15(8-6-14)16-9-11-17(12-10-16)30-21(22,23)24/h5-12,18H,2-4,13H2,1H3,(H2,25,28)(H,26,27)/t18-/m0/s1. The second kappa shape index (κ2) is 10.5. The Hall–Kier alpha value is -3.23. The Morgan fingerprint density at radius 2 is 1.60 bits per heavy atom. The molecule has 2 rings (SSSR count). The molecule has 3 N–H and O–H groups in total. The van der Waals surface area contributed by atoms with E-state index >= 15 is 0 Å². The van der Waals surface area contributed by atoms with Gasteiger partial charge in [-0.15, -0.1) is 13.2 Å². The molecule has 9 heteroatoms. The lowest BCUT2D eigenvalue weighted by Gasteiger charge is -2.16. The maximum atomic E-state index is 12.2. The van der Waals surface area contributed by atoms with E-state index in [-0.39, 0.29) is 12.3 Å². The molecule has 0 spiro atoms. The molecule has 0 aromatic heterocycles. The number of ether oxygens (including phenoxy) is 2. The smallest absolute Gasteiger partial charge is 0.436 e. The van der Waals surface area contributed by atoms with E-state index in [0.717, 1.165) is 23.1 Å². The third kappa shape index (κ3) is 7.65. The first kappa shape index (κ1) is 23.1. The number of halogens is 3. The number of primary amides is 1. The van der Waals surface area contributed by atoms with E-state index in [9.17, 15) is 22.8 Å². The van der Waals surface area contributed by atoms with Gasteiger partial charge in [0.25, 0.3) is 5.91 Å². The van der Waals surface area contributed by atoms with Crippen LogP contribution in [0.2, 0.25) is 0 Å². The molecule has 0 heterocycles. The second-order valence-corrected chi connectivity index (χ2v) is 6.55. The van der Waals surface area contributed by atoms with Gasteiger partial charge < -0.3 is 20.5 Å². The number of alkyl halides is 3. The molecular weight excluding hydrogens is 401 g/mol. The minimum Gasteiger partial charge on any atom is -0.436 e. The number of benzene rings is 2. The van der Waals surface area contributed by atoms with Gasteiger partial charge >= 0.3 is 12.5 Å². The second-order valence-electron chi connectivity index (χ2n) is 6.55. The molecule has 2 amide bonds. The molecule has 0 radical (unpaired) electrons. The van der Waals surface area contributed by atoms with Crippen LogP contribution in [0.25, 0.3) is 11.1 Å². The van der Waals surface area contributed by atoms with Crippen LogP contribution in [0.3, 0.4) is 0 Å². The van der Waals surface area contributed by atoms with Crippen LogP contribution in [0.4, 0.5) is 18.0 Å². The fraction of sp³-hybridized carbons (Fsp3) is 0.333. The Balaban J connectivity index is 1.95. The Bertz CT molecular complexity index is 837. The van der Waals surface area contributed by atoms with Gasteiger partial charge in [-0.25, -0.2) is 4.79 Å². The van der Waals surface area contributed by atoms with Gasteiger partial charge in [-0.1, -0.05) is 49.7 Å². The van der Waals surface area contributed by atoms with Crippen LogP contribution < -0.4 is 15.8 Å². The molecule has 6 nitrogen and oxygen atoms in total. The molecule has 0 aliphatic heterocycles. The topological polar surface area (TPSA) is 90.7 Å². The van der Waals surface area contributed by atoms with Crippen molar-refractivity contribution in [3.63, 3.8) is 0 Å². The molecule has 0 unspecified atom stereocenters. The molecule has 2 aromatic carbocycles. The van der Waals surface area contributed by atoms with Crippen molar-refractivity contribution >= 4 is 12.0 Å². The normalized spacial score (nSPS) is 12.1. The molecule has 0 saturated heterocycles. The SMILES string of the molecule is CCCC[C@H](OC(N)=O)C(=O)NCc1ccc(-c2ccc(OC(F)(F)F)cc2)cc1. The number of rotatable bonds is 9. The number of carbonyl (C=O) groups excluding carboxylic acids is 2. The lowest BCUT2D eigenvalue weighted by atomic mass is 10.0. The van der Waals surface area contributed by atoms with E-state index in [2.05, 4.69) is 10.1 Å². The molecule has 0 aliphatic rings. The summed E-state index contributed by atoms with van der Waals surface area (Å²) in [7, 11) is 0. The van der Waals surface area contributed by atoms with Gasteiger partial charge in [0.15, 0.2) is 6.10 Å². The monoisotopic (exact) mass is 424 g/mol. The highest BCUT2D eigenvalue weighted by Crippen LogP contribution is 2.26. The quantitative estimate of drug-likeness (QED) is 0.619. The molecule has 162 valence electrons. The zero-order chi connectivity index (χ0) is 22.1. The van der Waals surface area contributed by atoms with Gasteiger partial charge in [-0.3, -0.25) is 4.79 Å². The first-order valence-corrected chi connectivity index (χ1v) is 9.37. The van der Waals surface area contributed by atoms with E-state index in [0.29, 0.717) is 12.8 Å². The predicted molar refractivity (Wildman–Crippen MR) is 104 cm³/mol. The molecule has 0 bridgehead atoms. The van der Waals surface area contributed by atoms with Gasteiger partial charge in [-0.2, -0.15) is 0 Å². The van der Waals surface area contributed by atoms with Crippen molar-refractivity contribution < 1.29 is 32.2 Å². The summed E-state index contributed by atoms with van der Waals surface area (Å²) >= 11 is 0. The van der Waals surface area contributed by atoms with E-state index in [1.165, 1.54) is 24.3 Å². The van der Waals surface area contributed by atoms with Crippen LogP contribution in [-0.4, -0.2) is 24.5 Å². The van der Waals surface area contributed by atoms with Crippen molar-refractivity contribution in [1.29, 1.82) is 0 Å². The minimum atomic E-state index is -4.73. The number of hydrogen-bond donors (Lipinski definition) is 2. The fourth-order valence-electron chi connectivity index (χ4n) is 2.74. The molecule has 0 aliphatic carbocycles. The summed E-state index contributed by atoms with van der Waals surface area (Å²) in [5, 5.41) is 2.71. The molecule has 30 heavy (non-hydrogen) atoms. The number of carbonyl (C=O) groups is 2. The molecule has 2 aromatic rings. The Labute approximate surface area is 172 Å². The van der Waals surface area contributed by atoms with Gasteiger partial charge in [0, 0.05) is 6.54 Å². The summed E-state index contributed by atoms with van der Waals surface area (Å²) < 4.78 is 45.4. The predicted octanol–water partition coefficient (Wildman–Crippen LogP) is 4.52. The fourth-order valence-corrected chi connectivity index (χ4v) is 2.74. The molecule has 0 saturated carbocycles. The summed E-state index contributed by atoms with van der Waals surface area (Å²) in [6.07, 6.45) is -4.71. The third-order valence-corrected chi connectivity index (χ3v) is 4.21. The highest BCUT2D eigenvalue weighted by molar-refractivity contribution is 5.83. The lowest BCUT2D eigenvalue weighted by molar-refractivity contribution is -0.274. The Morgan fingerprint density at radius 3 is 2.10 bits per heavy atom. The highest BCUT2D eigenvalue weighted by atomic mass is 19.4. The van der Waals surface area contributed by atoms with Gasteiger partial charge in [0.2, 0.25) is 0 Å². The van der Waals surface area contributed by atoms with Crippen molar-refractivity contribution in [2.45, 2.75) is 45.2 Å². The largest absolute Gasteiger partial charge is 0.573 e. The summed E-state index contributed by atoms with van der Waals surface area (Å²) in [5.74, 6) is -0.715. The number of nitrogens with two attached hydrogens (primary N) is 1. The van der Waals surface area contributed by atoms with Crippen molar-refractivity contribution in [3.8, 4) is 16.9 Å². The zero-order valence-corrected chi connectivity index (χ0v) is 16.4. The van der Waals surface area contributed by atoms with Crippen molar-refractivity contribution in [1.82, 2.24) is 5.32 Å². The number of hydrogen-bond acceptors (Lipinski definition) is 4. The van der Waals surface area contributed by atoms with Crippen LogP contribution in [0.1, 0.15) is 31.7 Å². The first-order valence-electron chi connectivity index (χ1n) is 9.37. The Kier molecular flexibility index (Phi) is 8.08. The summed E-state index contributed by atoms with van der Waals surface area (Å²) in [4.78, 5) is 23.2. The number of amides is 2. The lowest BCUT2D eigenvalue weighted by Crippen LogP contribution is -2.38. The van der Waals surface area contributed by atoms with Gasteiger partial charge in [0.1, 0.15) is 5.75 Å². The number of nitrogens with one attached hydrogen (secondary N) is 1. The summed E-state index contributed by atoms with van der Waals surface area (Å²) in [6, 6.07) is 12.7. The Morgan fingerprint density at radius 1 is 1.03 bits per heavy atom. The number of unbranched alkanes of at least 4 members (excludes halogenated alkanes) is 1. The molecule has 0 fully saturated rings. The van der Waals surface area contributed by atoms with E-state index in [1.54, 1.807) is 24.3 Å². The summed E-state index contributed by atoms with van der Waals surface area (Å²) in [6.45, 7) is 2.18. The van der Waals surface area contributed by atoms with Crippen molar-refractivity contribution in [3.05, 3.63) is 54.1 Å². The zero-order valence-electron chi connectivity index (χ0n) is 16.4. The van der Waals surface area contributed by atoms with E-state index < -0.39 is 24.5 Å². The third-order valence-electron chi connectivity index (χ3n) is 4.21. The van der Waals surface area contributed by atoms with Gasteiger partial charge in [-0.05, 0) is 41.7 Å². The summed E-state index contributed by atoms with van der Waals surface area (Å²) in [5.41, 5.74) is 7.33. The highest BCUT2D eigenvalue weighted by Gasteiger charge is 2.31. The average molecular weight is 424 g/mol. The van der Waals surface area contributed by atoms with Crippen LogP contribution in [0.15, 0.2) is 48.5 Å². The minimum absolute atomic E-state index is 0.224. The average Bonchev–Trinajstić information content (AvgIpc) is 2.69. The van der Waals surface area contributed by atoms with Crippen LogP contribution in [0.5, 0.6) is 5.75 Å². The van der Waals surface area contributed by atoms with Crippen LogP contribution >= 0.6 is 0 Å². The van der Waals surface area contributed by atoms with Crippen LogP contribution in [-0.2, 0) is 16.1 Å². The van der Waals surface area contributed by atoms with E-state index in [1.807, 2.05) is 6.92 Å². The first-order chi connectivity index (χ1) is 14.2. The maximum Gasteiger partial charge on any atom is 0.573 e.